The van der Waals surface area contributed by atoms with Crippen LogP contribution in [0.1, 0.15) is 38.8 Å². The van der Waals surface area contributed by atoms with Crippen LogP contribution in [0.3, 0.4) is 0 Å². The molecule has 0 aliphatic carbocycles. The van der Waals surface area contributed by atoms with E-state index < -0.39 is 23.5 Å². The van der Waals surface area contributed by atoms with Crippen molar-refractivity contribution in [3.05, 3.63) is 99.5 Å². The van der Waals surface area contributed by atoms with Gasteiger partial charge < -0.3 is 14.5 Å². The third-order valence-electron chi connectivity index (χ3n) is 5.36. The number of halogens is 5. The first kappa shape index (κ1) is 25.3. The summed E-state index contributed by atoms with van der Waals surface area (Å²) < 4.78 is 64.8. The Morgan fingerprint density at radius 1 is 1.14 bits per heavy atom. The number of nitrogens with one attached hydrogen (secondary N) is 1. The smallest absolute Gasteiger partial charge is 0.416 e. The molecule has 11 heteroatoms. The third-order valence-corrected chi connectivity index (χ3v) is 5.65. The molecule has 1 N–H and O–H groups in total. The van der Waals surface area contributed by atoms with E-state index >= 15 is 0 Å². The molecule has 2 heterocycles. The van der Waals surface area contributed by atoms with Gasteiger partial charge in [-0.15, -0.1) is 0 Å². The van der Waals surface area contributed by atoms with Crippen molar-refractivity contribution >= 4 is 23.2 Å². The van der Waals surface area contributed by atoms with Crippen LogP contribution in [-0.4, -0.2) is 15.7 Å². The van der Waals surface area contributed by atoms with E-state index in [4.69, 9.17) is 20.8 Å². The number of alkyl halides is 3. The number of carbonyl (C=O) groups is 1. The summed E-state index contributed by atoms with van der Waals surface area (Å²) in [6.07, 6.45) is -4.44. The van der Waals surface area contributed by atoms with Crippen molar-refractivity contribution in [1.82, 2.24) is 9.78 Å². The first-order chi connectivity index (χ1) is 17.0. The van der Waals surface area contributed by atoms with Gasteiger partial charge >= 0.3 is 6.18 Å². The zero-order valence-electron chi connectivity index (χ0n) is 19.1. The first-order valence-electron chi connectivity index (χ1n) is 10.7. The largest absolute Gasteiger partial charge is 0.484 e. The fourth-order valence-electron chi connectivity index (χ4n) is 3.54. The second kappa shape index (κ2) is 10.1. The number of aryl methyl sites for hydroxylation is 1. The lowest BCUT2D eigenvalue weighted by molar-refractivity contribution is -0.137. The van der Waals surface area contributed by atoms with Crippen LogP contribution >= 0.6 is 11.6 Å². The quantitative estimate of drug-likeness (QED) is 0.272. The number of carbonyl (C=O) groups excluding carboxylic acids is 1. The third kappa shape index (κ3) is 5.71. The molecule has 2 aromatic carbocycles. The van der Waals surface area contributed by atoms with E-state index in [2.05, 4.69) is 10.4 Å². The minimum Gasteiger partial charge on any atom is -0.484 e. The van der Waals surface area contributed by atoms with Gasteiger partial charge in [-0.2, -0.15) is 18.3 Å². The summed E-state index contributed by atoms with van der Waals surface area (Å²) in [4.78, 5) is 12.7. The summed E-state index contributed by atoms with van der Waals surface area (Å²) in [6.45, 7) is 3.45. The summed E-state index contributed by atoms with van der Waals surface area (Å²) >= 11 is 5.93. The van der Waals surface area contributed by atoms with E-state index in [-0.39, 0.29) is 29.7 Å². The molecule has 6 nitrogen and oxygen atoms in total. The van der Waals surface area contributed by atoms with E-state index in [0.29, 0.717) is 28.4 Å². The number of hydrogen-bond donors (Lipinski definition) is 1. The van der Waals surface area contributed by atoms with E-state index in [0.717, 1.165) is 18.2 Å². The predicted molar refractivity (Wildman–Crippen MR) is 125 cm³/mol. The molecule has 4 rings (SSSR count). The molecule has 0 bridgehead atoms. The average Bonchev–Trinajstić information content (AvgIpc) is 3.39. The van der Waals surface area contributed by atoms with E-state index in [1.165, 1.54) is 28.9 Å². The number of amides is 1. The number of hydrogen-bond acceptors (Lipinski definition) is 4. The molecule has 4 aromatic rings. The Morgan fingerprint density at radius 3 is 2.64 bits per heavy atom. The molecule has 188 valence electrons. The highest BCUT2D eigenvalue weighted by Crippen LogP contribution is 2.30. The lowest BCUT2D eigenvalue weighted by Crippen LogP contribution is -2.13. The van der Waals surface area contributed by atoms with Crippen molar-refractivity contribution < 1.29 is 31.5 Å². The van der Waals surface area contributed by atoms with Gasteiger partial charge in [-0.25, -0.2) is 4.39 Å². The molecule has 0 aliphatic heterocycles. The maximum atomic E-state index is 13.2. The molecule has 0 fully saturated rings. The number of benzene rings is 2. The van der Waals surface area contributed by atoms with Crippen LogP contribution in [0.25, 0.3) is 0 Å². The summed E-state index contributed by atoms with van der Waals surface area (Å²) in [6, 6.07) is 11.7. The summed E-state index contributed by atoms with van der Waals surface area (Å²) in [7, 11) is 0. The van der Waals surface area contributed by atoms with Crippen molar-refractivity contribution in [2.24, 2.45) is 0 Å². The Hall–Kier alpha value is -3.79. The zero-order valence-corrected chi connectivity index (χ0v) is 19.9. The van der Waals surface area contributed by atoms with E-state index in [1.54, 1.807) is 26.0 Å². The Labute approximate surface area is 208 Å². The monoisotopic (exact) mass is 521 g/mol. The van der Waals surface area contributed by atoms with Gasteiger partial charge in [-0.3, -0.25) is 9.48 Å². The molecule has 36 heavy (non-hydrogen) atoms. The Balaban J connectivity index is 1.43. The number of ether oxygens (including phenoxy) is 1. The number of nitrogens with zero attached hydrogens (tertiary/aromatic N) is 2. The molecule has 0 spiro atoms. The molecule has 0 saturated heterocycles. The number of aromatic nitrogens is 2. The van der Waals surface area contributed by atoms with E-state index in [9.17, 15) is 22.4 Å². The van der Waals surface area contributed by atoms with Crippen molar-refractivity contribution in [3.63, 3.8) is 0 Å². The highest BCUT2D eigenvalue weighted by Gasteiger charge is 2.30. The van der Waals surface area contributed by atoms with Gasteiger partial charge in [0.15, 0.2) is 5.76 Å². The Bertz CT molecular complexity index is 1410. The number of rotatable bonds is 7. The standard InChI is InChI=1S/C25H20ClF4N3O3/c1-14-23(15(2)33(32-14)12-16-4-3-5-17(10-16)25(28,29)30)31-24(34)22-9-7-19(36-22)13-35-21-8-6-18(27)11-20(21)26/h3-11H,12-13H2,1-2H3,(H,31,34). The normalized spacial score (nSPS) is 11.5. The van der Waals surface area contributed by atoms with Gasteiger partial charge in [0.25, 0.3) is 5.91 Å². The highest BCUT2D eigenvalue weighted by atomic mass is 35.5. The van der Waals surface area contributed by atoms with Gasteiger partial charge in [0.05, 0.1) is 34.2 Å². The molecule has 0 saturated carbocycles. The van der Waals surface area contributed by atoms with Gasteiger partial charge in [0, 0.05) is 0 Å². The van der Waals surface area contributed by atoms with Crippen LogP contribution in [0.4, 0.5) is 23.2 Å². The Morgan fingerprint density at radius 2 is 1.92 bits per heavy atom. The fourth-order valence-corrected chi connectivity index (χ4v) is 3.77. The molecule has 0 radical (unpaired) electrons. The lowest BCUT2D eigenvalue weighted by atomic mass is 10.1. The number of anilines is 1. The van der Waals surface area contributed by atoms with Crippen LogP contribution in [0, 0.1) is 19.7 Å². The fraction of sp³-hybridized carbons (Fsp3) is 0.200. The molecule has 1 amide bonds. The first-order valence-corrected chi connectivity index (χ1v) is 11.1. The maximum absolute atomic E-state index is 13.2. The van der Waals surface area contributed by atoms with Gasteiger partial charge in [0.2, 0.25) is 0 Å². The molecule has 2 aromatic heterocycles. The molecule has 0 aliphatic rings. The van der Waals surface area contributed by atoms with Crippen molar-refractivity contribution in [1.29, 1.82) is 0 Å². The summed E-state index contributed by atoms with van der Waals surface area (Å²) in [5.74, 6) is -0.406. The molecule has 0 atom stereocenters. The van der Waals surface area contributed by atoms with Crippen LogP contribution in [0.15, 0.2) is 59.0 Å². The minimum absolute atomic E-state index is 0.0169. The summed E-state index contributed by atoms with van der Waals surface area (Å²) in [5.41, 5.74) is 1.17. The second-order valence-corrected chi connectivity index (χ2v) is 8.39. The topological polar surface area (TPSA) is 69.3 Å². The van der Waals surface area contributed by atoms with Crippen molar-refractivity contribution in [2.45, 2.75) is 33.2 Å². The predicted octanol–water partition coefficient (Wildman–Crippen LogP) is 6.78. The van der Waals surface area contributed by atoms with E-state index in [1.807, 2.05) is 0 Å². The van der Waals surface area contributed by atoms with Crippen molar-refractivity contribution in [2.75, 3.05) is 5.32 Å². The zero-order chi connectivity index (χ0) is 26.0. The van der Waals surface area contributed by atoms with Crippen LogP contribution < -0.4 is 10.1 Å². The minimum atomic E-state index is -4.44. The van der Waals surface area contributed by atoms with Gasteiger partial charge in [-0.05, 0) is 61.9 Å². The van der Waals surface area contributed by atoms with Crippen LogP contribution in [0.2, 0.25) is 5.02 Å². The lowest BCUT2D eigenvalue weighted by Gasteiger charge is -2.10. The molecular formula is C25H20ClF4N3O3. The molecular weight excluding hydrogens is 502 g/mol. The second-order valence-electron chi connectivity index (χ2n) is 7.99. The van der Waals surface area contributed by atoms with Crippen LogP contribution in [0.5, 0.6) is 5.75 Å². The van der Waals surface area contributed by atoms with Crippen molar-refractivity contribution in [3.8, 4) is 5.75 Å². The number of furan rings is 1. The Kier molecular flexibility index (Phi) is 7.07. The average molecular weight is 522 g/mol. The maximum Gasteiger partial charge on any atom is 0.416 e. The molecule has 0 unspecified atom stereocenters. The highest BCUT2D eigenvalue weighted by molar-refractivity contribution is 6.32. The van der Waals surface area contributed by atoms with Gasteiger partial charge in [-0.1, -0.05) is 23.7 Å². The SMILES string of the molecule is Cc1nn(Cc2cccc(C(F)(F)F)c2)c(C)c1NC(=O)c1ccc(COc2ccc(F)cc2Cl)o1. The van der Waals surface area contributed by atoms with Crippen LogP contribution in [-0.2, 0) is 19.3 Å². The summed E-state index contributed by atoms with van der Waals surface area (Å²) in [5, 5.41) is 7.20. The van der Waals surface area contributed by atoms with Gasteiger partial charge in [0.1, 0.15) is 23.9 Å².